The Bertz CT molecular complexity index is 414. The van der Waals surface area contributed by atoms with Gasteiger partial charge >= 0.3 is 7.12 Å². The van der Waals surface area contributed by atoms with Gasteiger partial charge in [-0.3, -0.25) is 0 Å². The summed E-state index contributed by atoms with van der Waals surface area (Å²) in [5, 5.41) is 18.6. The highest BCUT2D eigenvalue weighted by atomic mass is 35.5. The maximum absolute atomic E-state index is 9.11. The van der Waals surface area contributed by atoms with E-state index in [1.165, 1.54) is 31.7 Å². The molecule has 0 atom stereocenters. The van der Waals surface area contributed by atoms with E-state index < -0.39 is 7.12 Å². The Balaban J connectivity index is 2.39. The van der Waals surface area contributed by atoms with Gasteiger partial charge in [-0.15, -0.1) is 0 Å². The number of ether oxygens (including phenoxy) is 1. The van der Waals surface area contributed by atoms with Crippen molar-refractivity contribution in [3.63, 3.8) is 0 Å². The minimum absolute atomic E-state index is 0.127. The molecule has 1 aromatic rings. The highest BCUT2D eigenvalue weighted by Gasteiger charge is 2.19. The summed E-state index contributed by atoms with van der Waals surface area (Å²) in [4.78, 5) is 0. The summed E-state index contributed by atoms with van der Waals surface area (Å²) in [5.74, 6) is 0.481. The molecule has 0 radical (unpaired) electrons. The lowest BCUT2D eigenvalue weighted by Gasteiger charge is -2.11. The van der Waals surface area contributed by atoms with Crippen LogP contribution in [0.5, 0.6) is 5.75 Å². The van der Waals surface area contributed by atoms with Crippen LogP contribution in [0.4, 0.5) is 0 Å². The monoisotopic (exact) mass is 318 g/mol. The van der Waals surface area contributed by atoms with E-state index in [-0.39, 0.29) is 15.5 Å². The van der Waals surface area contributed by atoms with E-state index in [1.807, 2.05) is 0 Å². The van der Waals surface area contributed by atoms with Crippen molar-refractivity contribution >= 4 is 35.8 Å². The zero-order chi connectivity index (χ0) is 15.0. The maximum Gasteiger partial charge on any atom is 0.490 e. The van der Waals surface area contributed by atoms with Crippen LogP contribution in [0.3, 0.4) is 0 Å². The first-order chi connectivity index (χ1) is 9.57. The normalized spacial score (nSPS) is 10.7. The van der Waals surface area contributed by atoms with Gasteiger partial charge < -0.3 is 14.8 Å². The summed E-state index contributed by atoms with van der Waals surface area (Å²) >= 11 is 12.0. The molecule has 2 N–H and O–H groups in total. The van der Waals surface area contributed by atoms with E-state index >= 15 is 0 Å². The largest absolute Gasteiger partial charge is 0.492 e. The Kier molecular flexibility index (Phi) is 8.38. The summed E-state index contributed by atoms with van der Waals surface area (Å²) in [6.45, 7) is 2.78. The fourth-order valence-corrected chi connectivity index (χ4v) is 2.40. The van der Waals surface area contributed by atoms with Gasteiger partial charge in [0.05, 0.1) is 11.6 Å². The van der Waals surface area contributed by atoms with Gasteiger partial charge in [0.15, 0.2) is 0 Å². The van der Waals surface area contributed by atoms with Gasteiger partial charge in [-0.2, -0.15) is 0 Å². The van der Waals surface area contributed by atoms with Crippen molar-refractivity contribution in [2.24, 2.45) is 0 Å². The Hall–Kier alpha value is -0.415. The predicted octanol–water partition coefficient (Wildman–Crippen LogP) is 3.41. The Morgan fingerprint density at radius 1 is 1.00 bits per heavy atom. The number of hydrogen-bond acceptors (Lipinski definition) is 3. The predicted molar refractivity (Wildman–Crippen MR) is 85.2 cm³/mol. The number of benzene rings is 1. The molecule has 0 unspecified atom stereocenters. The number of rotatable bonds is 9. The van der Waals surface area contributed by atoms with Crippen LogP contribution in [0, 0.1) is 0 Å². The van der Waals surface area contributed by atoms with Crippen molar-refractivity contribution in [3.05, 3.63) is 22.2 Å². The molecule has 0 bridgehead atoms. The Morgan fingerprint density at radius 3 is 2.30 bits per heavy atom. The van der Waals surface area contributed by atoms with E-state index in [4.69, 9.17) is 38.0 Å². The van der Waals surface area contributed by atoms with E-state index in [2.05, 4.69) is 6.92 Å². The molecule has 3 nitrogen and oxygen atoms in total. The van der Waals surface area contributed by atoms with Crippen LogP contribution in [-0.4, -0.2) is 23.8 Å². The average Bonchev–Trinajstić information content (AvgIpc) is 2.42. The SMILES string of the molecule is CCCCCCCCOc1ccc(B(O)O)c(Cl)c1Cl. The summed E-state index contributed by atoms with van der Waals surface area (Å²) in [6.07, 6.45) is 7.13. The molecule has 112 valence electrons. The summed E-state index contributed by atoms with van der Waals surface area (Å²) in [6, 6.07) is 3.12. The van der Waals surface area contributed by atoms with Crippen LogP contribution in [0.2, 0.25) is 10.0 Å². The zero-order valence-electron chi connectivity index (χ0n) is 11.7. The fourth-order valence-electron chi connectivity index (χ4n) is 1.92. The lowest BCUT2D eigenvalue weighted by atomic mass is 9.80. The fraction of sp³-hybridized carbons (Fsp3) is 0.571. The van der Waals surface area contributed by atoms with Gasteiger partial charge in [0.25, 0.3) is 0 Å². The first-order valence-electron chi connectivity index (χ1n) is 7.04. The summed E-state index contributed by atoms with van der Waals surface area (Å²) in [7, 11) is -1.63. The second-order valence-corrected chi connectivity index (χ2v) is 5.53. The molecule has 0 fully saturated rings. The highest BCUT2D eigenvalue weighted by molar-refractivity contribution is 6.64. The second-order valence-electron chi connectivity index (χ2n) is 4.77. The molecule has 0 amide bonds. The van der Waals surface area contributed by atoms with Crippen LogP contribution in [-0.2, 0) is 0 Å². The minimum Gasteiger partial charge on any atom is -0.492 e. The molecule has 1 aromatic carbocycles. The van der Waals surface area contributed by atoms with Gasteiger partial charge in [0.2, 0.25) is 0 Å². The first kappa shape index (κ1) is 17.6. The van der Waals surface area contributed by atoms with Crippen LogP contribution in [0.15, 0.2) is 12.1 Å². The number of unbranched alkanes of at least 4 members (excludes halogenated alkanes) is 5. The smallest absolute Gasteiger partial charge is 0.490 e. The van der Waals surface area contributed by atoms with Crippen molar-refractivity contribution in [2.45, 2.75) is 45.4 Å². The lowest BCUT2D eigenvalue weighted by molar-refractivity contribution is 0.304. The minimum atomic E-state index is -1.63. The van der Waals surface area contributed by atoms with Crippen LogP contribution >= 0.6 is 23.2 Å². The third-order valence-electron chi connectivity index (χ3n) is 3.11. The molecule has 0 aliphatic rings. The van der Waals surface area contributed by atoms with Crippen molar-refractivity contribution in [3.8, 4) is 5.75 Å². The highest BCUT2D eigenvalue weighted by Crippen LogP contribution is 2.30. The van der Waals surface area contributed by atoms with E-state index in [0.29, 0.717) is 12.4 Å². The van der Waals surface area contributed by atoms with Gasteiger partial charge in [0, 0.05) is 5.46 Å². The summed E-state index contributed by atoms with van der Waals surface area (Å²) in [5.41, 5.74) is 0.184. The zero-order valence-corrected chi connectivity index (χ0v) is 13.3. The van der Waals surface area contributed by atoms with Crippen LogP contribution in [0.1, 0.15) is 45.4 Å². The first-order valence-corrected chi connectivity index (χ1v) is 7.80. The van der Waals surface area contributed by atoms with Crippen molar-refractivity contribution in [1.29, 1.82) is 0 Å². The molecule has 0 saturated carbocycles. The summed E-state index contributed by atoms with van der Waals surface area (Å²) < 4.78 is 5.58. The van der Waals surface area contributed by atoms with E-state index in [1.54, 1.807) is 6.07 Å². The van der Waals surface area contributed by atoms with Gasteiger partial charge in [-0.25, -0.2) is 0 Å². The molecule has 0 heterocycles. The van der Waals surface area contributed by atoms with Gasteiger partial charge in [-0.1, -0.05) is 68.3 Å². The second kappa shape index (κ2) is 9.51. The van der Waals surface area contributed by atoms with E-state index in [0.717, 1.165) is 12.8 Å². The molecular weight excluding hydrogens is 298 g/mol. The lowest BCUT2D eigenvalue weighted by Crippen LogP contribution is -2.30. The third-order valence-corrected chi connectivity index (χ3v) is 3.99. The molecule has 1 rings (SSSR count). The van der Waals surface area contributed by atoms with Gasteiger partial charge in [-0.05, 0) is 12.5 Å². The maximum atomic E-state index is 9.11. The van der Waals surface area contributed by atoms with Crippen molar-refractivity contribution < 1.29 is 14.8 Å². The molecule has 6 heteroatoms. The van der Waals surface area contributed by atoms with Crippen molar-refractivity contribution in [2.75, 3.05) is 6.61 Å². The molecule has 0 spiro atoms. The van der Waals surface area contributed by atoms with Crippen molar-refractivity contribution in [1.82, 2.24) is 0 Å². The molecule has 0 aliphatic carbocycles. The topological polar surface area (TPSA) is 49.7 Å². The number of halogens is 2. The molecule has 0 aliphatic heterocycles. The molecule has 0 aromatic heterocycles. The Morgan fingerprint density at radius 2 is 1.65 bits per heavy atom. The standard InChI is InChI=1S/C14H21BCl2O3/c1-2-3-4-5-6-7-10-20-12-9-8-11(15(18)19)13(16)14(12)17/h8-9,18-19H,2-7,10H2,1H3. The van der Waals surface area contributed by atoms with Gasteiger partial charge in [0.1, 0.15) is 10.8 Å². The average molecular weight is 319 g/mol. The van der Waals surface area contributed by atoms with E-state index in [9.17, 15) is 0 Å². The van der Waals surface area contributed by atoms with Crippen LogP contribution in [0.25, 0.3) is 0 Å². The molecular formula is C14H21BCl2O3. The quantitative estimate of drug-likeness (QED) is 0.542. The molecule has 20 heavy (non-hydrogen) atoms. The third kappa shape index (κ3) is 5.53. The molecule has 0 saturated heterocycles. The Labute approximate surface area is 131 Å². The van der Waals surface area contributed by atoms with Crippen LogP contribution < -0.4 is 10.2 Å². The number of hydrogen-bond donors (Lipinski definition) is 2.